The molecule has 40 atom stereocenters. The zero-order valence-electron chi connectivity index (χ0n) is 56.3. The zero-order valence-corrected chi connectivity index (χ0v) is 101. The summed E-state index contributed by atoms with van der Waals surface area (Å²) in [7, 11) is -106. The van der Waals surface area contributed by atoms with Crippen molar-refractivity contribution in [1.82, 2.24) is 0 Å². The molecule has 0 spiro atoms. The Hall–Kier alpha value is 10.4. The van der Waals surface area contributed by atoms with Crippen LogP contribution in [0, 0.1) is 0 Å². The SMILES string of the molecule is O=S(O)S(=O)O.O=S(O)S(=O)O.O=S(O)S(=O)O.O=S(O)S(=O)O.O=S(O)S(=O)O.O=S(O)S(=O)O.O=S(O)S(=O)O.O=S(O)S(=O)O.O=S(O)S(=O)O.O=S(O)S(=O)O.O=S(O)S(=O)O.O=S(O)S(=O)O.O=S(O)S(=O)O.O=S(O)S(=O)O.O=S(O)S(=O)O.O=S(O)S(=O)O.O=S(O)S(=O)O.O=S([O-])S(=O)[O-].O=S([O-])S(=O)[O-].O=S([O-])S(=O)[O-].[Na+].[Na+].[Na+].[Na+].[Na+].[Na+]. The molecule has 0 bridgehead atoms. The minimum atomic E-state index is -2.95. The summed E-state index contributed by atoms with van der Waals surface area (Å²) in [5.74, 6) is 0. The maximum absolute atomic E-state index is 9.26. The smallest absolute Gasteiger partial charge is 0.763 e. The summed E-state index contributed by atoms with van der Waals surface area (Å²) in [5.41, 5.74) is 0. The van der Waals surface area contributed by atoms with Gasteiger partial charge >= 0.3 is 177 Å². The van der Waals surface area contributed by atoms with E-state index in [1.807, 2.05) is 0 Å². The predicted molar refractivity (Wildman–Crippen MR) is 420 cm³/mol. The van der Waals surface area contributed by atoms with Crippen LogP contribution in [0.25, 0.3) is 0 Å². The van der Waals surface area contributed by atoms with Gasteiger partial charge in [-0.1, -0.05) is 0 Å². The van der Waals surface area contributed by atoms with Crippen molar-refractivity contribution in [3.8, 4) is 0 Å². The molecule has 126 heavy (non-hydrogen) atoms. The molecule has 0 rings (SSSR count). The Labute approximate surface area is 915 Å². The van der Waals surface area contributed by atoms with Gasteiger partial charge in [0, 0.05) is 60.7 Å². The summed E-state index contributed by atoms with van der Waals surface area (Å²) in [4.78, 5) is 0. The number of hydrogen-bond donors (Lipinski definition) is 34. The summed E-state index contributed by atoms with van der Waals surface area (Å²) in [6, 6.07) is 0. The van der Waals surface area contributed by atoms with Crippen molar-refractivity contribution in [1.29, 1.82) is 0 Å². The molecule has 0 aliphatic rings. The Kier molecular flexibility index (Phi) is 234. The number of rotatable bonds is 20. The first-order valence-corrected chi connectivity index (χ1v) is 71.6. The third-order valence-corrected chi connectivity index (χ3v) is 21.7. The van der Waals surface area contributed by atoms with E-state index in [0.717, 1.165) is 0 Å². The molecule has 0 aromatic heterocycles. The van der Waals surface area contributed by atoms with Crippen LogP contribution in [0.5, 0.6) is 0 Å². The third kappa shape index (κ3) is 293. The molecule has 0 aliphatic heterocycles. The first-order valence-electron chi connectivity index (χ1n) is 17.2. The molecule has 0 aliphatic carbocycles. The van der Waals surface area contributed by atoms with Crippen LogP contribution < -0.4 is 177 Å². The Morgan fingerprint density at radius 1 is 0.0794 bits per heavy atom. The quantitative estimate of drug-likeness (QED) is 0.0306. The molecule has 0 radical (unpaired) electrons. The van der Waals surface area contributed by atoms with Gasteiger partial charge in [0.25, 0.3) is 344 Å². The Balaban J connectivity index is -0.0000000347. The van der Waals surface area contributed by atoms with Gasteiger partial charge in [0.15, 0.2) is 0 Å². The van der Waals surface area contributed by atoms with Gasteiger partial charge in [0.05, 0.1) is 0 Å². The van der Waals surface area contributed by atoms with Crippen LogP contribution in [0.2, 0.25) is 0 Å². The second-order valence-electron chi connectivity index (χ2n) is 8.61. The van der Waals surface area contributed by atoms with E-state index < -0.39 is 404 Å². The van der Waals surface area contributed by atoms with Crippen molar-refractivity contribution in [2.75, 3.05) is 0 Å². The molecular formula is H34Na6O80S40. The molecular weight excluding hydrogens is 2700 g/mol. The Morgan fingerprint density at radius 2 is 0.0952 bits per heavy atom. The summed E-state index contributed by atoms with van der Waals surface area (Å²) in [6.07, 6.45) is 0. The van der Waals surface area contributed by atoms with Crippen LogP contribution >= 0.6 is 0 Å². The second-order valence-corrected chi connectivity index (χ2v) is 59.8. The van der Waals surface area contributed by atoms with Crippen molar-refractivity contribution in [3.05, 3.63) is 0 Å². The van der Waals surface area contributed by atoms with E-state index in [4.69, 9.17) is 207 Å². The van der Waals surface area contributed by atoms with E-state index in [9.17, 15) is 143 Å². The van der Waals surface area contributed by atoms with Crippen molar-refractivity contribution in [2.45, 2.75) is 0 Å². The van der Waals surface area contributed by atoms with Crippen LogP contribution in [-0.2, 0) is 404 Å². The molecule has 0 saturated heterocycles. The molecule has 0 fully saturated rings. The van der Waals surface area contributed by atoms with Crippen LogP contribution in [0.3, 0.4) is 0 Å². The Morgan fingerprint density at radius 3 is 0.0952 bits per heavy atom. The molecule has 34 N–H and O–H groups in total. The third-order valence-electron chi connectivity index (χ3n) is 2.41. The molecule has 40 unspecified atom stereocenters. The normalized spacial score (nSPS) is 18.7. The first-order chi connectivity index (χ1) is 52.9. The summed E-state index contributed by atoms with van der Waals surface area (Å²) in [5, 5.41) is 0. The van der Waals surface area contributed by atoms with E-state index in [2.05, 4.69) is 0 Å². The van der Waals surface area contributed by atoms with Gasteiger partial charge in [-0.15, -0.1) is 0 Å². The first kappa shape index (κ1) is 205. The molecule has 0 amide bonds. The standard InChI is InChI=1S/6Na.20H2O4S2/c;;;;;;20*1-5(2)6(3)4/h;;;;;;20*(H,1,2)(H,3,4)/q6*+1;;;;;;;;;;;;;;;;;;;;/p-6. The molecule has 760 valence electrons. The van der Waals surface area contributed by atoms with Crippen molar-refractivity contribution in [3.63, 3.8) is 0 Å². The van der Waals surface area contributed by atoms with Gasteiger partial charge in [0.1, 0.15) is 0 Å². The van der Waals surface area contributed by atoms with Gasteiger partial charge in [0.2, 0.25) is 0 Å². The maximum atomic E-state index is 9.26. The zero-order chi connectivity index (χ0) is 103. The summed E-state index contributed by atoms with van der Waals surface area (Å²) in [6.45, 7) is 0. The maximum Gasteiger partial charge on any atom is 1.00 e. The van der Waals surface area contributed by atoms with E-state index in [1.54, 1.807) is 0 Å². The van der Waals surface area contributed by atoms with Gasteiger partial charge in [-0.3, -0.25) is 180 Å². The molecule has 0 aromatic rings. The average molecular weight is 2730 g/mol. The van der Waals surface area contributed by atoms with Crippen LogP contribution in [0.4, 0.5) is 0 Å². The second kappa shape index (κ2) is 144. The molecule has 0 saturated carbocycles. The van der Waals surface area contributed by atoms with E-state index >= 15 is 0 Å². The minimum absolute atomic E-state index is 0. The average Bonchev–Trinajstić information content (AvgIpc) is 3.69. The van der Waals surface area contributed by atoms with E-state index in [-0.39, 0.29) is 177 Å². The van der Waals surface area contributed by atoms with Crippen molar-refractivity contribution >= 4 is 404 Å². The van der Waals surface area contributed by atoms with Crippen LogP contribution in [0.15, 0.2) is 0 Å². The predicted octanol–water partition coefficient (Wildman–Crippen LogP) is -33.1. The molecule has 0 heterocycles. The van der Waals surface area contributed by atoms with Gasteiger partial charge in [-0.2, -0.15) is 0 Å². The van der Waals surface area contributed by atoms with Gasteiger partial charge in [-0.25, -0.2) is 143 Å². The fraction of sp³-hybridized carbons (Fsp3) is 0. The van der Waals surface area contributed by atoms with Crippen LogP contribution in [-0.4, -0.2) is 350 Å². The van der Waals surface area contributed by atoms with E-state index in [0.29, 0.717) is 0 Å². The molecule has 0 aromatic carbocycles. The topological polar surface area (TPSA) is 1510 Å². The van der Waals surface area contributed by atoms with Crippen molar-refractivity contribution < 1.29 is 528 Å². The minimum Gasteiger partial charge on any atom is -0.763 e. The molecule has 126 heteroatoms. The van der Waals surface area contributed by atoms with Gasteiger partial charge < -0.3 is 27.3 Å². The van der Waals surface area contributed by atoms with Crippen molar-refractivity contribution in [2.24, 2.45) is 0 Å². The largest absolute Gasteiger partial charge is 1.00 e. The summed E-state index contributed by atoms with van der Waals surface area (Å²) >= 11 is 0. The number of hydrogen-bond acceptors (Lipinski definition) is 46. The van der Waals surface area contributed by atoms with E-state index in [1.165, 1.54) is 0 Å². The van der Waals surface area contributed by atoms with Gasteiger partial charge in [-0.05, 0) is 0 Å². The fourth-order valence-corrected chi connectivity index (χ4v) is 0. The molecule has 80 nitrogen and oxygen atoms in total. The monoisotopic (exact) mass is 2730 g/mol. The summed E-state index contributed by atoms with van der Waals surface area (Å²) < 4.78 is 681. The van der Waals surface area contributed by atoms with Crippen LogP contribution in [0.1, 0.15) is 0 Å². The Bertz CT molecular complexity index is 2500. The fourth-order valence-electron chi connectivity index (χ4n) is 0.